The van der Waals surface area contributed by atoms with Crippen molar-refractivity contribution in [3.8, 4) is 5.75 Å². The highest BCUT2D eigenvalue weighted by atomic mass is 32.1. The molecular formula is C18H17NOS2. The summed E-state index contributed by atoms with van der Waals surface area (Å²) >= 11 is 3.70. The Kier molecular flexibility index (Phi) is 3.74. The van der Waals surface area contributed by atoms with Gasteiger partial charge in [-0.2, -0.15) is 0 Å². The standard InChI is InChI=1S/C18H17NOS2/c1-20-13-6-4-12(5-7-13)15-11-19-17(16-3-2-9-21-16)14-8-10-22-18(14)15/h2-10,15,17,19H,11H2,1H3. The summed E-state index contributed by atoms with van der Waals surface area (Å²) in [6, 6.07) is 15.4. The fraction of sp³-hybridized carbons (Fsp3) is 0.222. The molecule has 2 aromatic heterocycles. The van der Waals surface area contributed by atoms with E-state index in [0.717, 1.165) is 12.3 Å². The van der Waals surface area contributed by atoms with Gasteiger partial charge in [-0.1, -0.05) is 18.2 Å². The molecule has 0 saturated heterocycles. The van der Waals surface area contributed by atoms with Gasteiger partial charge in [0.2, 0.25) is 0 Å². The lowest BCUT2D eigenvalue weighted by Gasteiger charge is -2.30. The van der Waals surface area contributed by atoms with Gasteiger partial charge in [-0.3, -0.25) is 0 Å². The molecule has 3 heterocycles. The molecular weight excluding hydrogens is 310 g/mol. The quantitative estimate of drug-likeness (QED) is 0.756. The topological polar surface area (TPSA) is 21.3 Å². The third-order valence-electron chi connectivity index (χ3n) is 4.23. The molecule has 0 aliphatic carbocycles. The first-order valence-corrected chi connectivity index (χ1v) is 9.11. The molecule has 1 N–H and O–H groups in total. The molecule has 1 aromatic carbocycles. The van der Waals surface area contributed by atoms with Gasteiger partial charge in [0.1, 0.15) is 5.75 Å². The average Bonchev–Trinajstić information content (AvgIpc) is 3.25. The molecule has 22 heavy (non-hydrogen) atoms. The molecule has 2 nitrogen and oxygen atoms in total. The van der Waals surface area contributed by atoms with Crippen LogP contribution < -0.4 is 10.1 Å². The van der Waals surface area contributed by atoms with Gasteiger partial charge in [-0.15, -0.1) is 22.7 Å². The number of hydrogen-bond donors (Lipinski definition) is 1. The van der Waals surface area contributed by atoms with Gasteiger partial charge in [0, 0.05) is 22.2 Å². The van der Waals surface area contributed by atoms with Crippen molar-refractivity contribution in [1.82, 2.24) is 5.32 Å². The normalized spacial score (nSPS) is 20.6. The van der Waals surface area contributed by atoms with Gasteiger partial charge in [-0.25, -0.2) is 0 Å². The monoisotopic (exact) mass is 327 g/mol. The predicted octanol–water partition coefficient (Wildman–Crippen LogP) is 4.64. The first-order valence-electron chi connectivity index (χ1n) is 7.35. The predicted molar refractivity (Wildman–Crippen MR) is 93.3 cm³/mol. The zero-order valence-electron chi connectivity index (χ0n) is 12.3. The second kappa shape index (κ2) is 5.88. The summed E-state index contributed by atoms with van der Waals surface area (Å²) in [4.78, 5) is 2.88. The molecule has 0 amide bonds. The van der Waals surface area contributed by atoms with Crippen LogP contribution in [-0.2, 0) is 0 Å². The van der Waals surface area contributed by atoms with Crippen LogP contribution in [-0.4, -0.2) is 13.7 Å². The molecule has 1 aliphatic rings. The van der Waals surface area contributed by atoms with Crippen molar-refractivity contribution in [3.05, 3.63) is 74.1 Å². The Labute approximate surface area is 138 Å². The van der Waals surface area contributed by atoms with E-state index in [2.05, 4.69) is 46.4 Å². The number of thiophene rings is 2. The van der Waals surface area contributed by atoms with Crippen LogP contribution in [0.15, 0.2) is 53.2 Å². The van der Waals surface area contributed by atoms with E-state index >= 15 is 0 Å². The molecule has 1 aliphatic heterocycles. The lowest BCUT2D eigenvalue weighted by molar-refractivity contribution is 0.414. The van der Waals surface area contributed by atoms with Crippen LogP contribution in [0.1, 0.15) is 32.8 Å². The number of hydrogen-bond acceptors (Lipinski definition) is 4. The summed E-state index contributed by atoms with van der Waals surface area (Å²) in [7, 11) is 1.71. The fourth-order valence-corrected chi connectivity index (χ4v) is 4.99. The van der Waals surface area contributed by atoms with Crippen molar-refractivity contribution in [2.24, 2.45) is 0 Å². The van der Waals surface area contributed by atoms with E-state index < -0.39 is 0 Å². The molecule has 0 fully saturated rings. The minimum absolute atomic E-state index is 0.343. The molecule has 2 unspecified atom stereocenters. The van der Waals surface area contributed by atoms with Crippen molar-refractivity contribution in [3.63, 3.8) is 0 Å². The number of methoxy groups -OCH3 is 1. The number of benzene rings is 1. The van der Waals surface area contributed by atoms with E-state index in [1.165, 1.54) is 20.9 Å². The molecule has 3 aromatic rings. The Morgan fingerprint density at radius 3 is 2.64 bits per heavy atom. The SMILES string of the molecule is COc1ccc(C2CNC(c3cccs3)c3ccsc32)cc1. The van der Waals surface area contributed by atoms with Crippen molar-refractivity contribution in [1.29, 1.82) is 0 Å². The van der Waals surface area contributed by atoms with Gasteiger partial charge in [0.05, 0.1) is 13.2 Å². The Morgan fingerprint density at radius 1 is 1.05 bits per heavy atom. The highest BCUT2D eigenvalue weighted by Crippen LogP contribution is 2.41. The first kappa shape index (κ1) is 14.0. The number of rotatable bonds is 3. The van der Waals surface area contributed by atoms with Crippen LogP contribution in [0.25, 0.3) is 0 Å². The van der Waals surface area contributed by atoms with Gasteiger partial charge < -0.3 is 10.1 Å². The van der Waals surface area contributed by atoms with E-state index in [4.69, 9.17) is 4.74 Å². The van der Waals surface area contributed by atoms with E-state index in [1.807, 2.05) is 34.8 Å². The van der Waals surface area contributed by atoms with Crippen LogP contribution >= 0.6 is 22.7 Å². The Hall–Kier alpha value is -1.62. The average molecular weight is 327 g/mol. The summed E-state index contributed by atoms with van der Waals surface area (Å²) in [5.41, 5.74) is 2.78. The number of ether oxygens (including phenoxy) is 1. The van der Waals surface area contributed by atoms with E-state index in [-0.39, 0.29) is 0 Å². The minimum Gasteiger partial charge on any atom is -0.497 e. The van der Waals surface area contributed by atoms with E-state index in [9.17, 15) is 0 Å². The molecule has 112 valence electrons. The first-order chi connectivity index (χ1) is 10.9. The van der Waals surface area contributed by atoms with Gasteiger partial charge in [0.15, 0.2) is 0 Å². The molecule has 0 saturated carbocycles. The second-order valence-corrected chi connectivity index (χ2v) is 7.35. The van der Waals surface area contributed by atoms with Crippen LogP contribution in [0.2, 0.25) is 0 Å². The zero-order chi connectivity index (χ0) is 14.9. The highest BCUT2D eigenvalue weighted by molar-refractivity contribution is 7.10. The van der Waals surface area contributed by atoms with Gasteiger partial charge in [-0.05, 0) is 46.2 Å². The van der Waals surface area contributed by atoms with Crippen LogP contribution in [0, 0.1) is 0 Å². The zero-order valence-corrected chi connectivity index (χ0v) is 13.9. The number of fused-ring (bicyclic) bond motifs is 1. The maximum absolute atomic E-state index is 5.27. The summed E-state index contributed by atoms with van der Waals surface area (Å²) in [5, 5.41) is 8.10. The highest BCUT2D eigenvalue weighted by Gasteiger charge is 2.30. The lowest BCUT2D eigenvalue weighted by Crippen LogP contribution is -2.32. The Bertz CT molecular complexity index is 746. The minimum atomic E-state index is 0.343. The molecule has 0 spiro atoms. The summed E-state index contributed by atoms with van der Waals surface area (Å²) in [6.45, 7) is 0.975. The molecule has 4 heteroatoms. The Balaban J connectivity index is 1.69. The maximum atomic E-state index is 5.27. The van der Waals surface area contributed by atoms with Gasteiger partial charge in [0.25, 0.3) is 0 Å². The van der Waals surface area contributed by atoms with Crippen LogP contribution in [0.4, 0.5) is 0 Å². The fourth-order valence-electron chi connectivity index (χ4n) is 3.11. The van der Waals surface area contributed by atoms with Crippen molar-refractivity contribution >= 4 is 22.7 Å². The maximum Gasteiger partial charge on any atom is 0.118 e. The largest absolute Gasteiger partial charge is 0.497 e. The second-order valence-electron chi connectivity index (χ2n) is 5.42. The third-order valence-corrected chi connectivity index (χ3v) is 6.21. The molecule has 2 atom stereocenters. The van der Waals surface area contributed by atoms with Crippen molar-refractivity contribution in [2.45, 2.75) is 12.0 Å². The molecule has 4 rings (SSSR count). The van der Waals surface area contributed by atoms with Crippen LogP contribution in [0.5, 0.6) is 5.75 Å². The third kappa shape index (κ3) is 2.37. The summed E-state index contributed by atoms with van der Waals surface area (Å²) in [5.74, 6) is 1.34. The smallest absolute Gasteiger partial charge is 0.118 e. The number of nitrogens with one attached hydrogen (secondary N) is 1. The molecule has 0 bridgehead atoms. The summed E-state index contributed by atoms with van der Waals surface area (Å²) < 4.78 is 5.27. The van der Waals surface area contributed by atoms with E-state index in [0.29, 0.717) is 12.0 Å². The van der Waals surface area contributed by atoms with Crippen LogP contribution in [0.3, 0.4) is 0 Å². The van der Waals surface area contributed by atoms with Gasteiger partial charge >= 0.3 is 0 Å². The van der Waals surface area contributed by atoms with Crippen molar-refractivity contribution < 1.29 is 4.74 Å². The summed E-state index contributed by atoms with van der Waals surface area (Å²) in [6.07, 6.45) is 0. The van der Waals surface area contributed by atoms with E-state index in [1.54, 1.807) is 7.11 Å². The van der Waals surface area contributed by atoms with Crippen molar-refractivity contribution in [2.75, 3.05) is 13.7 Å². The molecule has 0 radical (unpaired) electrons. The Morgan fingerprint density at radius 2 is 1.91 bits per heavy atom. The lowest BCUT2D eigenvalue weighted by atomic mass is 9.88.